The van der Waals surface area contributed by atoms with Gasteiger partial charge in [-0.1, -0.05) is 60.7 Å². The summed E-state index contributed by atoms with van der Waals surface area (Å²) in [5.74, 6) is 1.55. The van der Waals surface area contributed by atoms with Crippen molar-refractivity contribution in [1.82, 2.24) is 19.9 Å². The highest BCUT2D eigenvalue weighted by atomic mass is 32.2. The van der Waals surface area contributed by atoms with Crippen molar-refractivity contribution in [3.8, 4) is 22.5 Å². The van der Waals surface area contributed by atoms with Gasteiger partial charge in [0.05, 0.1) is 41.2 Å². The predicted molar refractivity (Wildman–Crippen MR) is 139 cm³/mol. The zero-order valence-electron chi connectivity index (χ0n) is 18.8. The lowest BCUT2D eigenvalue weighted by molar-refractivity contribution is 0.229. The third kappa shape index (κ3) is 6.52. The molecule has 0 saturated carbocycles. The van der Waals surface area contributed by atoms with Crippen molar-refractivity contribution in [2.24, 2.45) is 0 Å². The lowest BCUT2D eigenvalue weighted by atomic mass is 10.2. The number of aromatic amines is 2. The molecule has 7 nitrogen and oxygen atoms in total. The number of benzene rings is 2. The van der Waals surface area contributed by atoms with E-state index in [9.17, 15) is 4.57 Å². The van der Waals surface area contributed by atoms with E-state index >= 15 is 0 Å². The van der Waals surface area contributed by atoms with Gasteiger partial charge in [-0.25, -0.2) is 9.97 Å². The second-order valence-electron chi connectivity index (χ2n) is 6.96. The fourth-order valence-corrected chi connectivity index (χ4v) is 7.06. The van der Waals surface area contributed by atoms with Crippen molar-refractivity contribution >= 4 is 31.1 Å². The van der Waals surface area contributed by atoms with E-state index in [0.29, 0.717) is 14.6 Å². The lowest BCUT2D eigenvalue weighted by Gasteiger charge is -2.14. The first-order valence-electron chi connectivity index (χ1n) is 10.8. The molecule has 0 spiro atoms. The number of imidazole rings is 2. The van der Waals surface area contributed by atoms with Gasteiger partial charge in [0, 0.05) is 5.82 Å². The number of H-pyrrole nitrogens is 2. The van der Waals surface area contributed by atoms with Crippen molar-refractivity contribution in [2.45, 2.75) is 24.2 Å². The van der Waals surface area contributed by atoms with Crippen LogP contribution in [0.3, 0.4) is 0 Å². The molecule has 0 atom stereocenters. The van der Waals surface area contributed by atoms with Gasteiger partial charge in [-0.3, -0.25) is 4.57 Å². The molecule has 0 saturated heterocycles. The molecule has 2 heterocycles. The van der Waals surface area contributed by atoms with E-state index < -0.39 is 7.60 Å². The maximum atomic E-state index is 13.2. The summed E-state index contributed by atoms with van der Waals surface area (Å²) in [7, 11) is -3.44. The minimum Gasteiger partial charge on any atom is -0.333 e. The minimum absolute atomic E-state index is 0.272. The highest BCUT2D eigenvalue weighted by Crippen LogP contribution is 2.54. The molecule has 0 aliphatic rings. The van der Waals surface area contributed by atoms with E-state index in [1.165, 1.54) is 23.5 Å². The highest BCUT2D eigenvalue weighted by Gasteiger charge is 2.23. The maximum Gasteiger partial charge on any atom is 0.355 e. The zero-order valence-corrected chi connectivity index (χ0v) is 21.3. The van der Waals surface area contributed by atoms with Crippen molar-refractivity contribution in [3.05, 3.63) is 83.1 Å². The summed E-state index contributed by atoms with van der Waals surface area (Å²) in [4.78, 5) is 15.6. The minimum atomic E-state index is -3.44. The molecule has 4 rings (SSSR count). The Labute approximate surface area is 207 Å². The summed E-state index contributed by atoms with van der Waals surface area (Å²) in [5.41, 5.74) is 3.87. The average Bonchev–Trinajstić information content (AvgIpc) is 3.50. The molecule has 0 amide bonds. The zero-order chi connectivity index (χ0) is 23.8. The molecule has 2 N–H and O–H groups in total. The predicted octanol–water partition coefficient (Wildman–Crippen LogP) is 7.42. The average molecular weight is 513 g/mol. The van der Waals surface area contributed by atoms with Gasteiger partial charge < -0.3 is 19.0 Å². The Morgan fingerprint density at radius 2 is 1.26 bits per heavy atom. The molecular formula is C24H25N4O3PS2. The summed E-state index contributed by atoms with van der Waals surface area (Å²) in [6, 6.07) is 19.9. The standard InChI is InChI=1S/C24H25N4O3PS2/c1-3-30-32(29,31-4-2)17-22(33-23-25-15-20(27-23)18-11-7-5-8-12-18)34-24-26-16-21(28-24)19-13-9-6-10-14-19/h5-17H,3-4H2,1-2H3,(H,25,27)(H,26,28). The third-order valence-electron chi connectivity index (χ3n) is 4.55. The lowest BCUT2D eigenvalue weighted by Crippen LogP contribution is -1.93. The normalized spacial score (nSPS) is 11.5. The van der Waals surface area contributed by atoms with Gasteiger partial charge in [-0.05, 0) is 48.5 Å². The number of hydrogen-bond donors (Lipinski definition) is 2. The molecule has 0 unspecified atom stereocenters. The highest BCUT2D eigenvalue weighted by molar-refractivity contribution is 8.22. The Morgan fingerprint density at radius 1 is 0.824 bits per heavy atom. The van der Waals surface area contributed by atoms with E-state index in [-0.39, 0.29) is 13.2 Å². The first-order chi connectivity index (χ1) is 16.6. The molecule has 0 bridgehead atoms. The molecule has 0 aliphatic carbocycles. The van der Waals surface area contributed by atoms with E-state index in [0.717, 1.165) is 22.5 Å². The van der Waals surface area contributed by atoms with Crippen LogP contribution in [0.15, 0.2) is 93.4 Å². The van der Waals surface area contributed by atoms with Crippen LogP contribution in [0.4, 0.5) is 0 Å². The fraction of sp³-hybridized carbons (Fsp3) is 0.167. The van der Waals surface area contributed by atoms with E-state index in [1.807, 2.05) is 60.7 Å². The van der Waals surface area contributed by atoms with Gasteiger partial charge in [0.15, 0.2) is 10.3 Å². The summed E-state index contributed by atoms with van der Waals surface area (Å²) in [6.45, 7) is 4.12. The summed E-state index contributed by atoms with van der Waals surface area (Å²) >= 11 is 2.70. The molecule has 34 heavy (non-hydrogen) atoms. The number of hydrogen-bond acceptors (Lipinski definition) is 7. The molecular weight excluding hydrogens is 487 g/mol. The SMILES string of the molecule is CCOP(=O)(C=C(Sc1ncc(-c2ccccc2)[nH]1)Sc1ncc(-c2ccccc2)[nH]1)OCC. The van der Waals surface area contributed by atoms with Gasteiger partial charge >= 0.3 is 7.60 Å². The van der Waals surface area contributed by atoms with Crippen molar-refractivity contribution < 1.29 is 13.6 Å². The molecule has 2 aromatic carbocycles. The van der Waals surface area contributed by atoms with Gasteiger partial charge in [0.2, 0.25) is 0 Å². The Morgan fingerprint density at radius 3 is 1.68 bits per heavy atom. The van der Waals surface area contributed by atoms with Crippen LogP contribution in [0.25, 0.3) is 22.5 Å². The van der Waals surface area contributed by atoms with Crippen molar-refractivity contribution in [3.63, 3.8) is 0 Å². The Balaban J connectivity index is 1.61. The molecule has 10 heteroatoms. The summed E-state index contributed by atoms with van der Waals surface area (Å²) in [5, 5.41) is 1.32. The third-order valence-corrected chi connectivity index (χ3v) is 8.65. The smallest absolute Gasteiger partial charge is 0.333 e. The molecule has 0 fully saturated rings. The van der Waals surface area contributed by atoms with E-state index in [1.54, 1.807) is 32.1 Å². The van der Waals surface area contributed by atoms with Crippen LogP contribution in [0.2, 0.25) is 0 Å². The quantitative estimate of drug-likeness (QED) is 0.160. The van der Waals surface area contributed by atoms with Crippen LogP contribution in [0, 0.1) is 0 Å². The maximum absolute atomic E-state index is 13.2. The van der Waals surface area contributed by atoms with Gasteiger partial charge in [-0.2, -0.15) is 0 Å². The van der Waals surface area contributed by atoms with Crippen LogP contribution < -0.4 is 0 Å². The van der Waals surface area contributed by atoms with Crippen LogP contribution in [0.5, 0.6) is 0 Å². The molecule has 0 radical (unpaired) electrons. The molecule has 4 aromatic rings. The first-order valence-corrected chi connectivity index (χ1v) is 14.0. The van der Waals surface area contributed by atoms with Crippen LogP contribution in [-0.4, -0.2) is 33.1 Å². The number of nitrogens with zero attached hydrogens (tertiary/aromatic N) is 2. The monoisotopic (exact) mass is 512 g/mol. The van der Waals surface area contributed by atoms with Crippen LogP contribution >= 0.6 is 31.1 Å². The van der Waals surface area contributed by atoms with Crippen molar-refractivity contribution in [2.75, 3.05) is 13.2 Å². The van der Waals surface area contributed by atoms with Crippen molar-refractivity contribution in [1.29, 1.82) is 0 Å². The number of nitrogens with one attached hydrogen (secondary N) is 2. The summed E-state index contributed by atoms with van der Waals surface area (Å²) < 4.78 is 24.9. The number of rotatable bonds is 11. The first kappa shape index (κ1) is 24.6. The second-order valence-corrected chi connectivity index (χ2v) is 11.1. The Hall–Kier alpha value is -2.55. The van der Waals surface area contributed by atoms with Crippen LogP contribution in [0.1, 0.15) is 13.8 Å². The van der Waals surface area contributed by atoms with Crippen LogP contribution in [-0.2, 0) is 13.6 Å². The topological polar surface area (TPSA) is 92.9 Å². The van der Waals surface area contributed by atoms with E-state index in [2.05, 4.69) is 19.9 Å². The molecule has 2 aromatic heterocycles. The largest absolute Gasteiger partial charge is 0.355 e. The Bertz CT molecular complexity index is 1180. The van der Waals surface area contributed by atoms with E-state index in [4.69, 9.17) is 9.05 Å². The summed E-state index contributed by atoms with van der Waals surface area (Å²) in [6.07, 6.45) is 3.57. The number of aromatic nitrogens is 4. The molecule has 176 valence electrons. The van der Waals surface area contributed by atoms with Gasteiger partial charge in [0.25, 0.3) is 0 Å². The number of thioether (sulfide) groups is 2. The Kier molecular flexibility index (Phi) is 8.48. The van der Waals surface area contributed by atoms with Gasteiger partial charge in [0.1, 0.15) is 0 Å². The fourth-order valence-electron chi connectivity index (χ4n) is 3.10. The van der Waals surface area contributed by atoms with Gasteiger partial charge in [-0.15, -0.1) is 0 Å². The molecule has 0 aliphatic heterocycles. The second kappa shape index (κ2) is 11.7.